The summed E-state index contributed by atoms with van der Waals surface area (Å²) in [5.74, 6) is -2.26. The number of nitrogens with zero attached hydrogens (tertiary/aromatic N) is 2. The molecule has 2 heterocycles. The zero-order valence-electron chi connectivity index (χ0n) is 19.1. The van der Waals surface area contributed by atoms with Gasteiger partial charge in [-0.15, -0.1) is 0 Å². The van der Waals surface area contributed by atoms with E-state index in [1.807, 2.05) is 0 Å². The van der Waals surface area contributed by atoms with Crippen LogP contribution in [0.25, 0.3) is 5.76 Å². The Morgan fingerprint density at radius 1 is 1.17 bits per heavy atom. The van der Waals surface area contributed by atoms with Crippen LogP contribution in [0, 0.1) is 6.92 Å². The Kier molecular flexibility index (Phi) is 6.79. The van der Waals surface area contributed by atoms with E-state index in [1.54, 1.807) is 61.5 Å². The normalized spacial score (nSPS) is 16.9. The molecule has 1 fully saturated rings. The Morgan fingerprint density at radius 2 is 1.86 bits per heavy atom. The quantitative estimate of drug-likeness (QED) is 0.172. The number of esters is 1. The van der Waals surface area contributed by atoms with E-state index < -0.39 is 23.7 Å². The molecule has 1 aliphatic rings. The first-order valence-corrected chi connectivity index (χ1v) is 11.5. The van der Waals surface area contributed by atoms with E-state index in [-0.39, 0.29) is 27.9 Å². The lowest BCUT2D eigenvalue weighted by molar-refractivity contribution is -0.132. The molecule has 0 bridgehead atoms. The highest BCUT2D eigenvalue weighted by Crippen LogP contribution is 2.46. The number of aryl methyl sites for hydroxylation is 1. The second-order valence-corrected chi connectivity index (χ2v) is 8.55. The number of hydrogen-bond donors (Lipinski definition) is 1. The second kappa shape index (κ2) is 9.94. The molecule has 0 unspecified atom stereocenters. The highest BCUT2D eigenvalue weighted by molar-refractivity contribution is 7.17. The van der Waals surface area contributed by atoms with Crippen LogP contribution in [0.5, 0.6) is 5.75 Å². The number of aromatic nitrogens is 1. The molecular formula is C26H22N2O6S. The molecule has 2 aromatic carbocycles. The average Bonchev–Trinajstić information content (AvgIpc) is 3.39. The van der Waals surface area contributed by atoms with Gasteiger partial charge in [0, 0.05) is 11.1 Å². The Labute approximate surface area is 205 Å². The third-order valence-electron chi connectivity index (χ3n) is 5.43. The van der Waals surface area contributed by atoms with Gasteiger partial charge in [-0.05, 0) is 13.0 Å². The van der Waals surface area contributed by atoms with E-state index in [9.17, 15) is 19.5 Å². The van der Waals surface area contributed by atoms with Crippen molar-refractivity contribution < 1.29 is 29.0 Å². The second-order valence-electron chi connectivity index (χ2n) is 7.58. The molecule has 1 amide bonds. The number of rotatable bonds is 7. The van der Waals surface area contributed by atoms with Gasteiger partial charge in [-0.2, -0.15) is 0 Å². The number of anilines is 1. The smallest absolute Gasteiger partial charge is 0.350 e. The number of aliphatic hydroxyl groups is 1. The van der Waals surface area contributed by atoms with E-state index in [1.165, 1.54) is 18.1 Å². The number of para-hydroxylation sites is 1. The van der Waals surface area contributed by atoms with Gasteiger partial charge in [-0.3, -0.25) is 14.5 Å². The predicted molar refractivity (Wildman–Crippen MR) is 132 cm³/mol. The molecular weight excluding hydrogens is 468 g/mol. The monoisotopic (exact) mass is 490 g/mol. The Bertz CT molecular complexity index is 1340. The van der Waals surface area contributed by atoms with E-state index in [4.69, 9.17) is 9.47 Å². The summed E-state index contributed by atoms with van der Waals surface area (Å²) in [7, 11) is 1.48. The van der Waals surface area contributed by atoms with Crippen LogP contribution in [0.3, 0.4) is 0 Å². The van der Waals surface area contributed by atoms with E-state index in [0.29, 0.717) is 22.6 Å². The summed E-state index contributed by atoms with van der Waals surface area (Å²) < 4.78 is 10.6. The summed E-state index contributed by atoms with van der Waals surface area (Å²) >= 11 is 0.930. The van der Waals surface area contributed by atoms with Crippen LogP contribution in [-0.2, 0) is 14.3 Å². The number of amides is 1. The minimum absolute atomic E-state index is 0.0221. The van der Waals surface area contributed by atoms with Gasteiger partial charge in [0.2, 0.25) is 0 Å². The molecule has 9 heteroatoms. The fourth-order valence-electron chi connectivity index (χ4n) is 3.84. The number of thiazole rings is 1. The maximum atomic E-state index is 13.3. The highest BCUT2D eigenvalue weighted by Gasteiger charge is 2.49. The number of hydrogen-bond acceptors (Lipinski definition) is 8. The maximum absolute atomic E-state index is 13.3. The highest BCUT2D eigenvalue weighted by atomic mass is 32.1. The van der Waals surface area contributed by atoms with Crippen molar-refractivity contribution in [2.75, 3.05) is 18.6 Å². The van der Waals surface area contributed by atoms with Crippen LogP contribution in [0.1, 0.15) is 32.5 Å². The third-order valence-corrected chi connectivity index (χ3v) is 6.57. The van der Waals surface area contributed by atoms with Crippen LogP contribution >= 0.6 is 11.3 Å². The van der Waals surface area contributed by atoms with Crippen LogP contribution in [0.15, 0.2) is 72.8 Å². The number of Topliss-reactive ketones (excluding diaryl/α,β-unsaturated/α-hetero) is 1. The molecule has 0 radical (unpaired) electrons. The molecule has 0 saturated carbocycles. The summed E-state index contributed by atoms with van der Waals surface area (Å²) in [6, 6.07) is 14.4. The van der Waals surface area contributed by atoms with Gasteiger partial charge < -0.3 is 14.6 Å². The van der Waals surface area contributed by atoms with Crippen LogP contribution < -0.4 is 9.64 Å². The number of methoxy groups -OCH3 is 1. The standard InChI is InChI=1S/C26H22N2O6S/c1-4-14-34-25(32)23-15(2)27-26(35-23)28-20(17-12-8-9-13-18(17)33-3)19(22(30)24(28)31)21(29)16-10-6-5-7-11-16/h4-13,20,29H,1,14H2,2-3H3/t20-/m1/s1. The zero-order chi connectivity index (χ0) is 25.1. The largest absolute Gasteiger partial charge is 0.507 e. The fourth-order valence-corrected chi connectivity index (χ4v) is 4.83. The molecule has 1 aromatic heterocycles. The van der Waals surface area contributed by atoms with Crippen molar-refractivity contribution in [2.45, 2.75) is 13.0 Å². The van der Waals surface area contributed by atoms with Crippen LogP contribution in [0.4, 0.5) is 5.13 Å². The van der Waals surface area contributed by atoms with Crippen molar-refractivity contribution in [3.8, 4) is 5.75 Å². The minimum atomic E-state index is -1.03. The number of benzene rings is 2. The van der Waals surface area contributed by atoms with Crippen LogP contribution in [-0.4, -0.2) is 41.5 Å². The van der Waals surface area contributed by atoms with E-state index >= 15 is 0 Å². The predicted octanol–water partition coefficient (Wildman–Crippen LogP) is 4.43. The molecule has 8 nitrogen and oxygen atoms in total. The van der Waals surface area contributed by atoms with Crippen molar-refractivity contribution in [1.82, 2.24) is 4.98 Å². The number of aliphatic hydroxyl groups excluding tert-OH is 1. The Balaban J connectivity index is 1.92. The number of carbonyl (C=O) groups excluding carboxylic acids is 3. The van der Waals surface area contributed by atoms with Gasteiger partial charge in [0.1, 0.15) is 29.0 Å². The molecule has 1 atom stereocenters. The summed E-state index contributed by atoms with van der Waals surface area (Å²) in [5.41, 5.74) is 1.11. The molecule has 1 aliphatic heterocycles. The van der Waals surface area contributed by atoms with Gasteiger partial charge in [-0.1, -0.05) is 72.5 Å². The Morgan fingerprint density at radius 3 is 2.54 bits per heavy atom. The Hall–Kier alpha value is -4.24. The summed E-state index contributed by atoms with van der Waals surface area (Å²) in [4.78, 5) is 44.9. The molecule has 0 aliphatic carbocycles. The number of carbonyl (C=O) groups is 3. The van der Waals surface area contributed by atoms with Crippen LogP contribution in [0.2, 0.25) is 0 Å². The molecule has 178 valence electrons. The van der Waals surface area contributed by atoms with Gasteiger partial charge in [0.25, 0.3) is 5.78 Å². The molecule has 3 aromatic rings. The van der Waals surface area contributed by atoms with Gasteiger partial charge in [0.05, 0.1) is 18.4 Å². The summed E-state index contributed by atoms with van der Waals surface area (Å²) in [6.07, 6.45) is 1.44. The van der Waals surface area contributed by atoms with Crippen molar-refractivity contribution in [1.29, 1.82) is 0 Å². The molecule has 35 heavy (non-hydrogen) atoms. The lowest BCUT2D eigenvalue weighted by Gasteiger charge is -2.24. The maximum Gasteiger partial charge on any atom is 0.350 e. The first-order valence-electron chi connectivity index (χ1n) is 10.6. The summed E-state index contributed by atoms with van der Waals surface area (Å²) in [6.45, 7) is 5.16. The average molecular weight is 491 g/mol. The minimum Gasteiger partial charge on any atom is -0.507 e. The first-order chi connectivity index (χ1) is 16.9. The molecule has 0 spiro atoms. The molecule has 4 rings (SSSR count). The number of ketones is 1. The molecule has 1 N–H and O–H groups in total. The van der Waals surface area contributed by atoms with Gasteiger partial charge >= 0.3 is 11.9 Å². The molecule has 1 saturated heterocycles. The van der Waals surface area contributed by atoms with Gasteiger partial charge in [0.15, 0.2) is 5.13 Å². The van der Waals surface area contributed by atoms with Crippen molar-refractivity contribution in [3.63, 3.8) is 0 Å². The topological polar surface area (TPSA) is 106 Å². The first kappa shape index (κ1) is 23.9. The van der Waals surface area contributed by atoms with Crippen molar-refractivity contribution >= 4 is 39.9 Å². The fraction of sp³-hybridized carbons (Fsp3) is 0.154. The lowest BCUT2D eigenvalue weighted by Crippen LogP contribution is -2.29. The number of ether oxygens (including phenoxy) is 2. The van der Waals surface area contributed by atoms with E-state index in [2.05, 4.69) is 11.6 Å². The zero-order valence-corrected chi connectivity index (χ0v) is 19.9. The van der Waals surface area contributed by atoms with Crippen molar-refractivity contribution in [2.24, 2.45) is 0 Å². The lowest BCUT2D eigenvalue weighted by atomic mass is 9.95. The summed E-state index contributed by atoms with van der Waals surface area (Å²) in [5, 5.41) is 11.3. The SMILES string of the molecule is C=CCOC(=O)c1sc(N2C(=O)C(=O)C(=C(O)c3ccccc3)[C@H]2c2ccccc2OC)nc1C. The van der Waals surface area contributed by atoms with Gasteiger partial charge in [-0.25, -0.2) is 9.78 Å². The van der Waals surface area contributed by atoms with Crippen molar-refractivity contribution in [3.05, 3.63) is 94.5 Å². The third kappa shape index (κ3) is 4.33. The van der Waals surface area contributed by atoms with E-state index in [0.717, 1.165) is 11.3 Å².